The summed E-state index contributed by atoms with van der Waals surface area (Å²) in [5.41, 5.74) is 11.8. The van der Waals surface area contributed by atoms with Gasteiger partial charge in [0.05, 0.1) is 0 Å². The highest BCUT2D eigenvalue weighted by atomic mass is 14.6. The van der Waals surface area contributed by atoms with Crippen LogP contribution in [0.4, 0.5) is 0 Å². The van der Waals surface area contributed by atoms with Gasteiger partial charge in [0, 0.05) is 6.04 Å². The molecule has 1 nitrogen and oxygen atoms in total. The maximum atomic E-state index is 6.27. The van der Waals surface area contributed by atoms with Crippen molar-refractivity contribution < 1.29 is 0 Å². The van der Waals surface area contributed by atoms with Gasteiger partial charge in [-0.05, 0) is 47.4 Å². The Bertz CT molecular complexity index is 559. The SMILES string of the molecule is CC1CCC(N)c2cc(Cc3ccccc3)ccc21. The lowest BCUT2D eigenvalue weighted by Gasteiger charge is -2.28. The van der Waals surface area contributed by atoms with Crippen LogP contribution in [0, 0.1) is 0 Å². The molecule has 2 aromatic rings. The molecule has 0 saturated carbocycles. The van der Waals surface area contributed by atoms with Crippen molar-refractivity contribution in [1.82, 2.24) is 0 Å². The summed E-state index contributed by atoms with van der Waals surface area (Å²) in [6.45, 7) is 2.31. The van der Waals surface area contributed by atoms with Crippen molar-refractivity contribution in [2.24, 2.45) is 5.73 Å². The molecule has 19 heavy (non-hydrogen) atoms. The highest BCUT2D eigenvalue weighted by Gasteiger charge is 2.22. The lowest BCUT2D eigenvalue weighted by atomic mass is 9.80. The van der Waals surface area contributed by atoms with Crippen LogP contribution < -0.4 is 5.73 Å². The van der Waals surface area contributed by atoms with Gasteiger partial charge in [0.15, 0.2) is 0 Å². The molecule has 0 saturated heterocycles. The Labute approximate surface area is 115 Å². The van der Waals surface area contributed by atoms with Crippen LogP contribution in [0.25, 0.3) is 0 Å². The van der Waals surface area contributed by atoms with Gasteiger partial charge in [-0.2, -0.15) is 0 Å². The first kappa shape index (κ1) is 12.4. The average Bonchev–Trinajstić information content (AvgIpc) is 2.44. The van der Waals surface area contributed by atoms with Crippen LogP contribution in [0.2, 0.25) is 0 Å². The molecule has 2 atom stereocenters. The highest BCUT2D eigenvalue weighted by molar-refractivity contribution is 5.40. The molecule has 2 N–H and O–H groups in total. The predicted octanol–water partition coefficient (Wildman–Crippen LogP) is 4.17. The van der Waals surface area contributed by atoms with Crippen molar-refractivity contribution in [3.05, 3.63) is 70.8 Å². The molecule has 0 radical (unpaired) electrons. The minimum absolute atomic E-state index is 0.224. The Morgan fingerprint density at radius 2 is 1.74 bits per heavy atom. The van der Waals surface area contributed by atoms with E-state index in [1.165, 1.54) is 28.7 Å². The van der Waals surface area contributed by atoms with Gasteiger partial charge in [-0.3, -0.25) is 0 Å². The molecule has 0 heterocycles. The van der Waals surface area contributed by atoms with Gasteiger partial charge in [0.25, 0.3) is 0 Å². The van der Waals surface area contributed by atoms with E-state index < -0.39 is 0 Å². The fourth-order valence-corrected chi connectivity index (χ4v) is 3.08. The Kier molecular flexibility index (Phi) is 3.39. The van der Waals surface area contributed by atoms with Crippen LogP contribution in [0.3, 0.4) is 0 Å². The maximum absolute atomic E-state index is 6.27. The normalized spacial score (nSPS) is 22.0. The quantitative estimate of drug-likeness (QED) is 0.851. The van der Waals surface area contributed by atoms with E-state index in [9.17, 15) is 0 Å². The fourth-order valence-electron chi connectivity index (χ4n) is 3.08. The van der Waals surface area contributed by atoms with Crippen LogP contribution in [0.1, 0.15) is 54.0 Å². The van der Waals surface area contributed by atoms with E-state index in [2.05, 4.69) is 55.5 Å². The first-order chi connectivity index (χ1) is 9.24. The highest BCUT2D eigenvalue weighted by Crippen LogP contribution is 2.36. The zero-order valence-corrected chi connectivity index (χ0v) is 11.5. The second kappa shape index (κ2) is 5.18. The van der Waals surface area contributed by atoms with Crippen molar-refractivity contribution in [3.63, 3.8) is 0 Å². The Hall–Kier alpha value is -1.60. The summed E-state index contributed by atoms with van der Waals surface area (Å²) in [6, 6.07) is 17.7. The van der Waals surface area contributed by atoms with E-state index in [-0.39, 0.29) is 6.04 Å². The average molecular weight is 251 g/mol. The predicted molar refractivity (Wildman–Crippen MR) is 80.3 cm³/mol. The number of rotatable bonds is 2. The standard InChI is InChI=1S/C18H21N/c1-13-7-10-18(19)17-12-15(8-9-16(13)17)11-14-5-3-2-4-6-14/h2-6,8-9,12-13,18H,7,10-11,19H2,1H3. The van der Waals surface area contributed by atoms with Crippen LogP contribution in [-0.2, 0) is 6.42 Å². The van der Waals surface area contributed by atoms with Gasteiger partial charge in [-0.25, -0.2) is 0 Å². The monoisotopic (exact) mass is 251 g/mol. The lowest BCUT2D eigenvalue weighted by Crippen LogP contribution is -2.19. The Balaban J connectivity index is 1.91. The van der Waals surface area contributed by atoms with E-state index in [0.29, 0.717) is 5.92 Å². The van der Waals surface area contributed by atoms with Gasteiger partial charge in [-0.15, -0.1) is 0 Å². The van der Waals surface area contributed by atoms with E-state index in [1.54, 1.807) is 0 Å². The van der Waals surface area contributed by atoms with E-state index >= 15 is 0 Å². The third-order valence-corrected chi connectivity index (χ3v) is 4.24. The molecule has 1 aliphatic rings. The molecule has 2 unspecified atom stereocenters. The van der Waals surface area contributed by atoms with Crippen molar-refractivity contribution in [1.29, 1.82) is 0 Å². The van der Waals surface area contributed by atoms with Crippen molar-refractivity contribution in [2.75, 3.05) is 0 Å². The molecule has 0 aromatic heterocycles. The van der Waals surface area contributed by atoms with Crippen molar-refractivity contribution in [2.45, 2.75) is 38.1 Å². The first-order valence-corrected chi connectivity index (χ1v) is 7.16. The number of hydrogen-bond acceptors (Lipinski definition) is 1. The number of benzene rings is 2. The third-order valence-electron chi connectivity index (χ3n) is 4.24. The van der Waals surface area contributed by atoms with Crippen LogP contribution in [0.15, 0.2) is 48.5 Å². The maximum Gasteiger partial charge on any atom is 0.0297 e. The summed E-state index contributed by atoms with van der Waals surface area (Å²) >= 11 is 0. The second-order valence-corrected chi connectivity index (χ2v) is 5.71. The molecule has 1 aliphatic carbocycles. The van der Waals surface area contributed by atoms with Gasteiger partial charge < -0.3 is 5.73 Å². The zero-order chi connectivity index (χ0) is 13.2. The smallest absolute Gasteiger partial charge is 0.0297 e. The molecule has 1 heteroatoms. The van der Waals surface area contributed by atoms with E-state index in [0.717, 1.165) is 12.8 Å². The molecule has 0 amide bonds. The molecule has 98 valence electrons. The van der Waals surface area contributed by atoms with Gasteiger partial charge in [-0.1, -0.05) is 55.5 Å². The largest absolute Gasteiger partial charge is 0.324 e. The summed E-state index contributed by atoms with van der Waals surface area (Å²) in [5, 5.41) is 0. The van der Waals surface area contributed by atoms with Gasteiger partial charge >= 0.3 is 0 Å². The van der Waals surface area contributed by atoms with Crippen molar-refractivity contribution >= 4 is 0 Å². The van der Waals surface area contributed by atoms with Crippen LogP contribution in [-0.4, -0.2) is 0 Å². The first-order valence-electron chi connectivity index (χ1n) is 7.16. The fraction of sp³-hybridized carbons (Fsp3) is 0.333. The summed E-state index contributed by atoms with van der Waals surface area (Å²) in [7, 11) is 0. The Morgan fingerprint density at radius 1 is 0.947 bits per heavy atom. The van der Waals surface area contributed by atoms with E-state index in [4.69, 9.17) is 5.73 Å². The molecule has 0 spiro atoms. The third kappa shape index (κ3) is 2.57. The minimum atomic E-state index is 0.224. The van der Waals surface area contributed by atoms with E-state index in [1.807, 2.05) is 0 Å². The van der Waals surface area contributed by atoms with Crippen molar-refractivity contribution in [3.8, 4) is 0 Å². The molecule has 0 fully saturated rings. The second-order valence-electron chi connectivity index (χ2n) is 5.71. The number of fused-ring (bicyclic) bond motifs is 1. The molecule has 0 aliphatic heterocycles. The lowest BCUT2D eigenvalue weighted by molar-refractivity contribution is 0.513. The van der Waals surface area contributed by atoms with Crippen LogP contribution >= 0.6 is 0 Å². The number of nitrogens with two attached hydrogens (primary N) is 1. The molecular formula is C18H21N. The van der Waals surface area contributed by atoms with Gasteiger partial charge in [0.2, 0.25) is 0 Å². The summed E-state index contributed by atoms with van der Waals surface area (Å²) in [4.78, 5) is 0. The van der Waals surface area contributed by atoms with Gasteiger partial charge in [0.1, 0.15) is 0 Å². The molecule has 2 aromatic carbocycles. The number of hydrogen-bond donors (Lipinski definition) is 1. The minimum Gasteiger partial charge on any atom is -0.324 e. The summed E-state index contributed by atoms with van der Waals surface area (Å²) in [5.74, 6) is 0.653. The summed E-state index contributed by atoms with van der Waals surface area (Å²) < 4.78 is 0. The topological polar surface area (TPSA) is 26.0 Å². The molecule has 0 bridgehead atoms. The van der Waals surface area contributed by atoms with Crippen LogP contribution in [0.5, 0.6) is 0 Å². The summed E-state index contributed by atoms with van der Waals surface area (Å²) in [6.07, 6.45) is 3.32. The molecule has 3 rings (SSSR count). The molecular weight excluding hydrogens is 230 g/mol. The zero-order valence-electron chi connectivity index (χ0n) is 11.5. The Morgan fingerprint density at radius 3 is 2.53 bits per heavy atom.